The summed E-state index contributed by atoms with van der Waals surface area (Å²) in [5, 5.41) is 1.12. The van der Waals surface area contributed by atoms with Crippen LogP contribution in [-0.4, -0.2) is 56.0 Å². The van der Waals surface area contributed by atoms with E-state index in [-0.39, 0.29) is 29.4 Å². The van der Waals surface area contributed by atoms with Gasteiger partial charge in [0.05, 0.1) is 17.5 Å². The zero-order valence-electron chi connectivity index (χ0n) is 12.6. The summed E-state index contributed by atoms with van der Waals surface area (Å²) in [6, 6.07) is 4.64. The number of anilines is 1. The number of hydrogen-bond donors (Lipinski definition) is 0. The molecule has 2 atom stereocenters. The second-order valence-electron chi connectivity index (χ2n) is 5.52. The summed E-state index contributed by atoms with van der Waals surface area (Å²) in [5.74, 6) is -0.363. The number of halogens is 2. The molecule has 0 aromatic heterocycles. The molecule has 6 nitrogen and oxygen atoms in total. The molecule has 0 bridgehead atoms. The molecule has 0 radical (unpaired) electrons. The Bertz CT molecular complexity index is 793. The lowest BCUT2D eigenvalue weighted by Crippen LogP contribution is -2.37. The third-order valence-electron chi connectivity index (χ3n) is 3.68. The molecule has 3 rings (SSSR count). The normalized spacial score (nSPS) is 26.8. The van der Waals surface area contributed by atoms with E-state index in [0.717, 1.165) is 0 Å². The van der Waals surface area contributed by atoms with Crippen molar-refractivity contribution in [3.05, 3.63) is 28.2 Å². The van der Waals surface area contributed by atoms with E-state index in [9.17, 15) is 13.2 Å². The number of sulfone groups is 1. The predicted molar refractivity (Wildman–Crippen MR) is 97.1 cm³/mol. The van der Waals surface area contributed by atoms with Gasteiger partial charge in [0.25, 0.3) is 5.91 Å². The smallest absolute Gasteiger partial charge is 0.274 e. The second kappa shape index (κ2) is 6.84. The molecular weight excluding hydrogens is 395 g/mol. The Morgan fingerprint density at radius 1 is 1.33 bits per heavy atom. The maximum atomic E-state index is 12.0. The van der Waals surface area contributed by atoms with Crippen molar-refractivity contribution in [3.63, 3.8) is 0 Å². The van der Waals surface area contributed by atoms with Gasteiger partial charge in [-0.2, -0.15) is 4.99 Å². The summed E-state index contributed by atoms with van der Waals surface area (Å²) < 4.78 is 28.7. The standard InChI is InChI=1S/C14H14Cl2N2O4S2/c1-22-5-13(19)17-14-18(10-3-8(15)2-9(16)4-10)11-6-24(20,21)7-12(11)23-14/h2-4,11-12H,5-7H2,1H3/t11-,12-/m0/s1. The van der Waals surface area contributed by atoms with Crippen LogP contribution in [0, 0.1) is 0 Å². The summed E-state index contributed by atoms with van der Waals surface area (Å²) >= 11 is 13.4. The molecule has 0 saturated carbocycles. The number of fused-ring (bicyclic) bond motifs is 1. The van der Waals surface area contributed by atoms with Crippen molar-refractivity contribution < 1.29 is 17.9 Å². The van der Waals surface area contributed by atoms with Crippen LogP contribution in [0.3, 0.4) is 0 Å². The number of carbonyl (C=O) groups is 1. The van der Waals surface area contributed by atoms with Crippen LogP contribution in [0.25, 0.3) is 0 Å². The highest BCUT2D eigenvalue weighted by Crippen LogP contribution is 2.42. The fraction of sp³-hybridized carbons (Fsp3) is 0.429. The first-order chi connectivity index (χ1) is 11.3. The number of benzene rings is 1. The van der Waals surface area contributed by atoms with Crippen molar-refractivity contribution in [1.82, 2.24) is 0 Å². The predicted octanol–water partition coefficient (Wildman–Crippen LogP) is 2.24. The van der Waals surface area contributed by atoms with Gasteiger partial charge in [-0.3, -0.25) is 4.79 Å². The number of aliphatic imine (C=N–C) groups is 1. The quantitative estimate of drug-likeness (QED) is 0.762. The lowest BCUT2D eigenvalue weighted by atomic mass is 10.2. The van der Waals surface area contributed by atoms with Crippen LogP contribution in [0.1, 0.15) is 0 Å². The summed E-state index contributed by atoms with van der Waals surface area (Å²) in [5.41, 5.74) is 0.619. The van der Waals surface area contributed by atoms with Gasteiger partial charge in [-0.15, -0.1) is 0 Å². The van der Waals surface area contributed by atoms with Gasteiger partial charge in [0.2, 0.25) is 0 Å². The second-order valence-corrected chi connectivity index (χ2v) is 9.75. The Morgan fingerprint density at radius 2 is 2.00 bits per heavy atom. The Morgan fingerprint density at radius 3 is 2.62 bits per heavy atom. The first kappa shape index (κ1) is 18.0. The van der Waals surface area contributed by atoms with Crippen LogP contribution >= 0.6 is 35.0 Å². The molecule has 1 amide bonds. The zero-order valence-corrected chi connectivity index (χ0v) is 15.8. The molecule has 1 aromatic rings. The van der Waals surface area contributed by atoms with E-state index in [4.69, 9.17) is 27.9 Å². The van der Waals surface area contributed by atoms with Gasteiger partial charge in [-0.1, -0.05) is 35.0 Å². The third-order valence-corrected chi connectivity index (χ3v) is 7.33. The highest BCUT2D eigenvalue weighted by Gasteiger charge is 2.49. The van der Waals surface area contributed by atoms with Crippen molar-refractivity contribution >= 4 is 61.6 Å². The zero-order chi connectivity index (χ0) is 17.5. The first-order valence-corrected chi connectivity index (χ1v) is 10.5. The summed E-state index contributed by atoms with van der Waals surface area (Å²) in [7, 11) is -1.71. The molecule has 2 aliphatic heterocycles. The van der Waals surface area contributed by atoms with Gasteiger partial charge < -0.3 is 9.64 Å². The van der Waals surface area contributed by atoms with E-state index in [1.54, 1.807) is 23.1 Å². The van der Waals surface area contributed by atoms with Crippen LogP contribution in [0.5, 0.6) is 0 Å². The number of amidine groups is 1. The van der Waals surface area contributed by atoms with Crippen molar-refractivity contribution in [2.24, 2.45) is 4.99 Å². The first-order valence-electron chi connectivity index (χ1n) is 7.02. The lowest BCUT2D eigenvalue weighted by molar-refractivity contribution is -0.121. The number of nitrogens with zero attached hydrogens (tertiary/aromatic N) is 2. The average Bonchev–Trinajstić information content (AvgIpc) is 2.88. The van der Waals surface area contributed by atoms with E-state index < -0.39 is 15.7 Å². The number of ether oxygens (including phenoxy) is 1. The molecule has 2 fully saturated rings. The molecule has 0 aliphatic carbocycles. The monoisotopic (exact) mass is 408 g/mol. The topological polar surface area (TPSA) is 76.0 Å². The Kier molecular flexibility index (Phi) is 5.13. The Hall–Kier alpha value is -0.800. The fourth-order valence-electron chi connectivity index (χ4n) is 2.81. The summed E-state index contributed by atoms with van der Waals surface area (Å²) in [6.45, 7) is -0.137. The molecule has 2 aliphatic rings. The summed E-state index contributed by atoms with van der Waals surface area (Å²) in [6.07, 6.45) is 0. The molecule has 2 heterocycles. The minimum atomic E-state index is -3.12. The van der Waals surface area contributed by atoms with E-state index in [2.05, 4.69) is 4.99 Å². The number of amides is 1. The van der Waals surface area contributed by atoms with Crippen molar-refractivity contribution in [3.8, 4) is 0 Å². The molecule has 10 heteroatoms. The average molecular weight is 409 g/mol. The number of rotatable bonds is 3. The number of carbonyl (C=O) groups excluding carboxylic acids is 1. The van der Waals surface area contributed by atoms with Crippen molar-refractivity contribution in [2.75, 3.05) is 30.1 Å². The molecule has 2 saturated heterocycles. The van der Waals surface area contributed by atoms with Gasteiger partial charge in [-0.25, -0.2) is 8.42 Å². The summed E-state index contributed by atoms with van der Waals surface area (Å²) in [4.78, 5) is 17.6. The molecule has 0 spiro atoms. The fourth-order valence-corrected chi connectivity index (χ4v) is 7.25. The number of thioether (sulfide) groups is 1. The Balaban J connectivity index is 2.02. The van der Waals surface area contributed by atoms with Gasteiger partial charge in [0.1, 0.15) is 6.61 Å². The molecular formula is C14H14Cl2N2O4S2. The van der Waals surface area contributed by atoms with Crippen LogP contribution in [0.15, 0.2) is 23.2 Å². The van der Waals surface area contributed by atoms with Gasteiger partial charge >= 0.3 is 0 Å². The van der Waals surface area contributed by atoms with Crippen molar-refractivity contribution in [2.45, 2.75) is 11.3 Å². The highest BCUT2D eigenvalue weighted by atomic mass is 35.5. The molecule has 0 unspecified atom stereocenters. The van der Waals surface area contributed by atoms with Crippen LogP contribution in [-0.2, 0) is 19.4 Å². The van der Waals surface area contributed by atoms with Gasteiger partial charge in [-0.05, 0) is 18.2 Å². The lowest BCUT2D eigenvalue weighted by Gasteiger charge is -2.24. The highest BCUT2D eigenvalue weighted by molar-refractivity contribution is 8.16. The molecule has 0 N–H and O–H groups in total. The molecule has 24 heavy (non-hydrogen) atoms. The van der Waals surface area contributed by atoms with E-state index in [1.165, 1.54) is 18.9 Å². The van der Waals surface area contributed by atoms with Crippen LogP contribution < -0.4 is 4.90 Å². The van der Waals surface area contributed by atoms with Gasteiger partial charge in [0.15, 0.2) is 15.0 Å². The van der Waals surface area contributed by atoms with Crippen LogP contribution in [0.4, 0.5) is 5.69 Å². The van der Waals surface area contributed by atoms with E-state index >= 15 is 0 Å². The minimum Gasteiger partial charge on any atom is -0.375 e. The Labute approximate surface area is 154 Å². The third kappa shape index (κ3) is 3.72. The molecule has 1 aromatic carbocycles. The SMILES string of the molecule is COCC(=O)N=C1S[C@H]2CS(=O)(=O)C[C@@H]2N1c1cc(Cl)cc(Cl)c1. The van der Waals surface area contributed by atoms with E-state index in [0.29, 0.717) is 20.9 Å². The van der Waals surface area contributed by atoms with Crippen molar-refractivity contribution in [1.29, 1.82) is 0 Å². The van der Waals surface area contributed by atoms with E-state index in [1.807, 2.05) is 0 Å². The van der Waals surface area contributed by atoms with Crippen LogP contribution in [0.2, 0.25) is 10.0 Å². The number of hydrogen-bond acceptors (Lipinski definition) is 5. The maximum Gasteiger partial charge on any atom is 0.274 e. The largest absolute Gasteiger partial charge is 0.375 e. The molecule has 130 valence electrons. The minimum absolute atomic E-state index is 0.00624. The van der Waals surface area contributed by atoms with Gasteiger partial charge in [0, 0.05) is 28.1 Å². The maximum absolute atomic E-state index is 12.0. The number of methoxy groups -OCH3 is 1.